The molecular weight excluding hydrogens is 302 g/mol. The SMILES string of the molecule is CCOC(=O)Nc1ccc(NC(=O)NCc2cccs2)cc1. The molecule has 6 nitrogen and oxygen atoms in total. The molecule has 0 aliphatic heterocycles. The summed E-state index contributed by atoms with van der Waals surface area (Å²) >= 11 is 1.59. The van der Waals surface area contributed by atoms with Crippen molar-refractivity contribution in [3.8, 4) is 0 Å². The summed E-state index contributed by atoms with van der Waals surface area (Å²) in [6.45, 7) is 2.54. The number of hydrogen-bond acceptors (Lipinski definition) is 4. The van der Waals surface area contributed by atoms with Crippen molar-refractivity contribution in [1.29, 1.82) is 0 Å². The van der Waals surface area contributed by atoms with E-state index in [9.17, 15) is 9.59 Å². The lowest BCUT2D eigenvalue weighted by Crippen LogP contribution is -2.27. The van der Waals surface area contributed by atoms with Gasteiger partial charge in [-0.05, 0) is 42.6 Å². The monoisotopic (exact) mass is 319 g/mol. The molecule has 0 atom stereocenters. The molecule has 3 N–H and O–H groups in total. The number of anilines is 2. The topological polar surface area (TPSA) is 79.5 Å². The van der Waals surface area contributed by atoms with Gasteiger partial charge in [0, 0.05) is 16.3 Å². The van der Waals surface area contributed by atoms with Gasteiger partial charge in [0.25, 0.3) is 0 Å². The first kappa shape index (κ1) is 15.8. The van der Waals surface area contributed by atoms with Crippen LogP contribution in [0.2, 0.25) is 0 Å². The standard InChI is InChI=1S/C15H17N3O3S/c1-2-21-15(20)18-12-7-5-11(6-8-12)17-14(19)16-10-13-4-3-9-22-13/h3-9H,2,10H2,1H3,(H,18,20)(H2,16,17,19). The maximum Gasteiger partial charge on any atom is 0.411 e. The number of amides is 3. The van der Waals surface area contributed by atoms with Crippen LogP contribution in [0.1, 0.15) is 11.8 Å². The van der Waals surface area contributed by atoms with Gasteiger partial charge in [0.1, 0.15) is 0 Å². The highest BCUT2D eigenvalue weighted by atomic mass is 32.1. The van der Waals surface area contributed by atoms with Crippen LogP contribution in [-0.2, 0) is 11.3 Å². The zero-order valence-corrected chi connectivity index (χ0v) is 12.9. The lowest BCUT2D eigenvalue weighted by Gasteiger charge is -2.08. The highest BCUT2D eigenvalue weighted by Crippen LogP contribution is 2.14. The van der Waals surface area contributed by atoms with Gasteiger partial charge < -0.3 is 15.4 Å². The highest BCUT2D eigenvalue weighted by Gasteiger charge is 2.04. The molecule has 0 saturated carbocycles. The third-order valence-corrected chi connectivity index (χ3v) is 3.54. The highest BCUT2D eigenvalue weighted by molar-refractivity contribution is 7.09. The summed E-state index contributed by atoms with van der Waals surface area (Å²) < 4.78 is 4.78. The lowest BCUT2D eigenvalue weighted by atomic mass is 10.3. The zero-order chi connectivity index (χ0) is 15.8. The smallest absolute Gasteiger partial charge is 0.411 e. The Hall–Kier alpha value is -2.54. The van der Waals surface area contributed by atoms with Crippen molar-refractivity contribution in [2.24, 2.45) is 0 Å². The average molecular weight is 319 g/mol. The molecule has 1 aromatic heterocycles. The molecule has 0 aliphatic carbocycles. The fraction of sp³-hybridized carbons (Fsp3) is 0.200. The van der Waals surface area contributed by atoms with Gasteiger partial charge in [-0.2, -0.15) is 0 Å². The Kier molecular flexibility index (Phi) is 5.79. The van der Waals surface area contributed by atoms with Crippen molar-refractivity contribution < 1.29 is 14.3 Å². The molecule has 0 saturated heterocycles. The molecule has 3 amide bonds. The van der Waals surface area contributed by atoms with Crippen molar-refractivity contribution in [1.82, 2.24) is 5.32 Å². The first-order valence-corrected chi connectivity index (χ1v) is 7.66. The minimum Gasteiger partial charge on any atom is -0.450 e. The van der Waals surface area contributed by atoms with E-state index >= 15 is 0 Å². The molecule has 2 aromatic rings. The van der Waals surface area contributed by atoms with E-state index in [-0.39, 0.29) is 6.03 Å². The van der Waals surface area contributed by atoms with Crippen LogP contribution in [0.25, 0.3) is 0 Å². The van der Waals surface area contributed by atoms with E-state index in [2.05, 4.69) is 16.0 Å². The number of ether oxygens (including phenoxy) is 1. The summed E-state index contributed by atoms with van der Waals surface area (Å²) in [6.07, 6.45) is -0.503. The predicted octanol–water partition coefficient (Wildman–Crippen LogP) is 3.64. The molecule has 116 valence electrons. The van der Waals surface area contributed by atoms with Crippen molar-refractivity contribution in [2.45, 2.75) is 13.5 Å². The Balaban J connectivity index is 1.80. The van der Waals surface area contributed by atoms with Crippen LogP contribution in [0, 0.1) is 0 Å². The first-order valence-electron chi connectivity index (χ1n) is 6.78. The van der Waals surface area contributed by atoms with E-state index in [1.807, 2.05) is 17.5 Å². The minimum atomic E-state index is -0.503. The van der Waals surface area contributed by atoms with Gasteiger partial charge in [0.2, 0.25) is 0 Å². The second-order valence-electron chi connectivity index (χ2n) is 4.31. The summed E-state index contributed by atoms with van der Waals surface area (Å²) in [5.41, 5.74) is 1.24. The Morgan fingerprint density at radius 1 is 1.09 bits per heavy atom. The predicted molar refractivity (Wildman–Crippen MR) is 87.3 cm³/mol. The fourth-order valence-corrected chi connectivity index (χ4v) is 2.32. The number of nitrogens with one attached hydrogen (secondary N) is 3. The molecule has 2 rings (SSSR count). The number of carbonyl (C=O) groups is 2. The number of thiophene rings is 1. The summed E-state index contributed by atoms with van der Waals surface area (Å²) in [4.78, 5) is 24.1. The molecular formula is C15H17N3O3S. The first-order chi connectivity index (χ1) is 10.7. The normalized spacial score (nSPS) is 9.86. The van der Waals surface area contributed by atoms with Gasteiger partial charge in [0.05, 0.1) is 13.2 Å². The molecule has 22 heavy (non-hydrogen) atoms. The second kappa shape index (κ2) is 8.04. The van der Waals surface area contributed by atoms with Crippen LogP contribution in [0.4, 0.5) is 21.0 Å². The van der Waals surface area contributed by atoms with Gasteiger partial charge >= 0.3 is 12.1 Å². The molecule has 0 spiro atoms. The quantitative estimate of drug-likeness (QED) is 0.787. The van der Waals surface area contributed by atoms with E-state index in [4.69, 9.17) is 4.74 Å². The van der Waals surface area contributed by atoms with E-state index in [0.717, 1.165) is 4.88 Å². The van der Waals surface area contributed by atoms with E-state index in [1.54, 1.807) is 42.5 Å². The summed E-state index contributed by atoms with van der Waals surface area (Å²) in [5, 5.41) is 10.0. The van der Waals surface area contributed by atoms with Crippen LogP contribution in [0.15, 0.2) is 41.8 Å². The third kappa shape index (κ3) is 5.10. The minimum absolute atomic E-state index is 0.278. The van der Waals surface area contributed by atoms with Gasteiger partial charge in [-0.25, -0.2) is 9.59 Å². The zero-order valence-electron chi connectivity index (χ0n) is 12.1. The number of rotatable bonds is 5. The fourth-order valence-electron chi connectivity index (χ4n) is 1.68. The van der Waals surface area contributed by atoms with Gasteiger partial charge in [0.15, 0.2) is 0 Å². The number of hydrogen-bond donors (Lipinski definition) is 3. The van der Waals surface area contributed by atoms with Crippen molar-refractivity contribution in [3.05, 3.63) is 46.7 Å². The van der Waals surface area contributed by atoms with Crippen molar-refractivity contribution in [3.63, 3.8) is 0 Å². The molecule has 1 aromatic carbocycles. The lowest BCUT2D eigenvalue weighted by molar-refractivity contribution is 0.168. The van der Waals surface area contributed by atoms with Crippen LogP contribution in [0.3, 0.4) is 0 Å². The third-order valence-electron chi connectivity index (χ3n) is 2.67. The van der Waals surface area contributed by atoms with Crippen LogP contribution < -0.4 is 16.0 Å². The summed E-state index contributed by atoms with van der Waals surface area (Å²) in [7, 11) is 0. The Morgan fingerprint density at radius 2 is 1.77 bits per heavy atom. The second-order valence-corrected chi connectivity index (χ2v) is 5.34. The molecule has 0 aliphatic rings. The largest absolute Gasteiger partial charge is 0.450 e. The van der Waals surface area contributed by atoms with Crippen LogP contribution >= 0.6 is 11.3 Å². The Bertz CT molecular complexity index is 611. The maximum atomic E-state index is 11.7. The summed E-state index contributed by atoms with van der Waals surface area (Å²) in [6, 6.07) is 10.4. The summed E-state index contributed by atoms with van der Waals surface area (Å²) in [5.74, 6) is 0. The van der Waals surface area contributed by atoms with E-state index in [0.29, 0.717) is 24.5 Å². The van der Waals surface area contributed by atoms with Gasteiger partial charge in [-0.3, -0.25) is 5.32 Å². The molecule has 0 bridgehead atoms. The molecule has 0 fully saturated rings. The Labute approximate surface area is 132 Å². The van der Waals surface area contributed by atoms with Crippen LogP contribution in [0.5, 0.6) is 0 Å². The molecule has 1 heterocycles. The molecule has 0 unspecified atom stereocenters. The van der Waals surface area contributed by atoms with Crippen LogP contribution in [-0.4, -0.2) is 18.7 Å². The van der Waals surface area contributed by atoms with Gasteiger partial charge in [-0.1, -0.05) is 6.07 Å². The van der Waals surface area contributed by atoms with Gasteiger partial charge in [-0.15, -0.1) is 11.3 Å². The Morgan fingerprint density at radius 3 is 2.36 bits per heavy atom. The average Bonchev–Trinajstić information content (AvgIpc) is 3.01. The van der Waals surface area contributed by atoms with Crippen molar-refractivity contribution >= 4 is 34.8 Å². The molecule has 7 heteroatoms. The van der Waals surface area contributed by atoms with E-state index in [1.165, 1.54) is 0 Å². The number of urea groups is 1. The maximum absolute atomic E-state index is 11.7. The number of carbonyl (C=O) groups excluding carboxylic acids is 2. The molecule has 0 radical (unpaired) electrons. The number of benzene rings is 1. The van der Waals surface area contributed by atoms with E-state index < -0.39 is 6.09 Å². The van der Waals surface area contributed by atoms with Crippen molar-refractivity contribution in [2.75, 3.05) is 17.2 Å².